The van der Waals surface area contributed by atoms with Crippen LogP contribution >= 0.6 is 11.6 Å². The lowest BCUT2D eigenvalue weighted by molar-refractivity contribution is -0.118. The van der Waals surface area contributed by atoms with Crippen molar-refractivity contribution >= 4 is 28.5 Å². The first-order valence-electron chi connectivity index (χ1n) is 9.58. The molecule has 3 aromatic heterocycles. The fourth-order valence-electron chi connectivity index (χ4n) is 3.36. The molecule has 8 nitrogen and oxygen atoms in total. The highest BCUT2D eigenvalue weighted by Crippen LogP contribution is 2.31. The number of pyridine rings is 1. The molecule has 156 valence electrons. The molecule has 3 heterocycles. The predicted octanol–water partition coefficient (Wildman–Crippen LogP) is 3.06. The minimum absolute atomic E-state index is 0.0141. The second-order valence-electron chi connectivity index (χ2n) is 7.17. The summed E-state index contributed by atoms with van der Waals surface area (Å²) in [6.45, 7) is 3.71. The molecular weight excluding hydrogens is 416 g/mol. The van der Waals surface area contributed by atoms with Crippen molar-refractivity contribution in [3.63, 3.8) is 0 Å². The molecule has 0 saturated carbocycles. The lowest BCUT2D eigenvalue weighted by atomic mass is 10.0. The summed E-state index contributed by atoms with van der Waals surface area (Å²) in [6.07, 6.45) is 4.99. The Kier molecular flexibility index (Phi) is 5.48. The van der Waals surface area contributed by atoms with E-state index < -0.39 is 5.91 Å². The van der Waals surface area contributed by atoms with Crippen molar-refractivity contribution in [2.45, 2.75) is 26.8 Å². The van der Waals surface area contributed by atoms with E-state index in [1.807, 2.05) is 13.0 Å². The number of carbonyl (C=O) groups excluding carboxylic acids is 1. The SMILES string of the molecule is Cc1cncc(-c2ccc(-c3cc4cnc(C)nc4n(CCC(N)=O)c3=O)c(Cl)c2)n1. The summed E-state index contributed by atoms with van der Waals surface area (Å²) in [4.78, 5) is 41.9. The number of halogens is 1. The van der Waals surface area contributed by atoms with Gasteiger partial charge in [0.15, 0.2) is 0 Å². The number of amides is 1. The Hall–Kier alpha value is -3.65. The lowest BCUT2D eigenvalue weighted by Crippen LogP contribution is -2.26. The van der Waals surface area contributed by atoms with Crippen LogP contribution in [0.3, 0.4) is 0 Å². The van der Waals surface area contributed by atoms with Crippen LogP contribution in [0.4, 0.5) is 0 Å². The van der Waals surface area contributed by atoms with E-state index in [1.165, 1.54) is 4.57 Å². The fraction of sp³-hybridized carbons (Fsp3) is 0.182. The molecule has 0 aliphatic rings. The van der Waals surface area contributed by atoms with Crippen LogP contribution in [0.25, 0.3) is 33.4 Å². The third-order valence-corrected chi connectivity index (χ3v) is 5.15. The van der Waals surface area contributed by atoms with Crippen LogP contribution in [-0.2, 0) is 11.3 Å². The highest BCUT2D eigenvalue weighted by Gasteiger charge is 2.16. The second-order valence-corrected chi connectivity index (χ2v) is 7.57. The molecule has 0 radical (unpaired) electrons. The van der Waals surface area contributed by atoms with Gasteiger partial charge in [-0.2, -0.15) is 0 Å². The van der Waals surface area contributed by atoms with Gasteiger partial charge < -0.3 is 5.73 Å². The first-order chi connectivity index (χ1) is 14.8. The van der Waals surface area contributed by atoms with Gasteiger partial charge in [0.2, 0.25) is 5.91 Å². The van der Waals surface area contributed by atoms with Gasteiger partial charge >= 0.3 is 0 Å². The molecule has 1 amide bonds. The van der Waals surface area contributed by atoms with E-state index >= 15 is 0 Å². The van der Waals surface area contributed by atoms with Crippen molar-refractivity contribution in [1.82, 2.24) is 24.5 Å². The second kappa shape index (κ2) is 8.23. The van der Waals surface area contributed by atoms with Crippen LogP contribution in [0.15, 0.2) is 47.7 Å². The average molecular weight is 435 g/mol. The van der Waals surface area contributed by atoms with E-state index in [4.69, 9.17) is 17.3 Å². The van der Waals surface area contributed by atoms with Crippen LogP contribution < -0.4 is 11.3 Å². The van der Waals surface area contributed by atoms with Gasteiger partial charge in [-0.3, -0.25) is 19.1 Å². The number of carbonyl (C=O) groups is 1. The quantitative estimate of drug-likeness (QED) is 0.516. The predicted molar refractivity (Wildman–Crippen MR) is 119 cm³/mol. The Morgan fingerprint density at radius 2 is 1.90 bits per heavy atom. The number of primary amides is 1. The maximum atomic E-state index is 13.3. The summed E-state index contributed by atoms with van der Waals surface area (Å²) in [5.74, 6) is 0.0204. The number of fused-ring (bicyclic) bond motifs is 1. The van der Waals surface area contributed by atoms with Gasteiger partial charge in [0, 0.05) is 52.5 Å². The van der Waals surface area contributed by atoms with Crippen LogP contribution in [0.2, 0.25) is 5.02 Å². The molecule has 0 aliphatic heterocycles. The summed E-state index contributed by atoms with van der Waals surface area (Å²) in [5, 5.41) is 1.06. The van der Waals surface area contributed by atoms with Crippen molar-refractivity contribution in [2.75, 3.05) is 0 Å². The molecule has 0 fully saturated rings. The van der Waals surface area contributed by atoms with Gasteiger partial charge in [-0.15, -0.1) is 0 Å². The van der Waals surface area contributed by atoms with Gasteiger partial charge in [-0.1, -0.05) is 23.7 Å². The summed E-state index contributed by atoms with van der Waals surface area (Å²) >= 11 is 6.58. The topological polar surface area (TPSA) is 117 Å². The standard InChI is InChI=1S/C22H19ClN6O2/c1-12-9-25-11-19(27-12)14-3-4-16(18(23)8-14)17-7-15-10-26-13(2)28-21(15)29(22(17)31)6-5-20(24)30/h3-4,7-11H,5-6H2,1-2H3,(H2,24,30). The van der Waals surface area contributed by atoms with Crippen molar-refractivity contribution in [3.05, 3.63) is 69.8 Å². The lowest BCUT2D eigenvalue weighted by Gasteiger charge is -2.13. The molecule has 1 aromatic carbocycles. The Labute approximate surface area is 182 Å². The van der Waals surface area contributed by atoms with Gasteiger partial charge in [-0.25, -0.2) is 15.0 Å². The van der Waals surface area contributed by atoms with E-state index in [9.17, 15) is 9.59 Å². The number of hydrogen-bond donors (Lipinski definition) is 1. The molecule has 0 saturated heterocycles. The minimum atomic E-state index is -0.502. The minimum Gasteiger partial charge on any atom is -0.370 e. The van der Waals surface area contributed by atoms with E-state index in [0.717, 1.165) is 11.3 Å². The summed E-state index contributed by atoms with van der Waals surface area (Å²) < 4.78 is 1.44. The first-order valence-corrected chi connectivity index (χ1v) is 9.95. The van der Waals surface area contributed by atoms with Crippen molar-refractivity contribution in [1.29, 1.82) is 0 Å². The molecule has 0 unspecified atom stereocenters. The van der Waals surface area contributed by atoms with Crippen molar-refractivity contribution in [3.8, 4) is 22.4 Å². The molecule has 0 bridgehead atoms. The van der Waals surface area contributed by atoms with Crippen LogP contribution in [-0.4, -0.2) is 30.4 Å². The van der Waals surface area contributed by atoms with Crippen LogP contribution in [0, 0.1) is 13.8 Å². The third kappa shape index (κ3) is 4.15. The number of benzene rings is 1. The van der Waals surface area contributed by atoms with Crippen molar-refractivity contribution in [2.24, 2.45) is 5.73 Å². The highest BCUT2D eigenvalue weighted by atomic mass is 35.5. The van der Waals surface area contributed by atoms with Gasteiger partial charge in [0.25, 0.3) is 5.56 Å². The fourth-order valence-corrected chi connectivity index (χ4v) is 3.64. The zero-order chi connectivity index (χ0) is 22.1. The van der Waals surface area contributed by atoms with Gasteiger partial charge in [0.1, 0.15) is 11.5 Å². The Bertz CT molecular complexity index is 1380. The van der Waals surface area contributed by atoms with E-state index in [2.05, 4.69) is 19.9 Å². The zero-order valence-electron chi connectivity index (χ0n) is 17.0. The number of hydrogen-bond acceptors (Lipinski definition) is 6. The maximum Gasteiger partial charge on any atom is 0.260 e. The molecule has 4 rings (SSSR count). The maximum absolute atomic E-state index is 13.3. The molecular formula is C22H19ClN6O2. The molecule has 0 aliphatic carbocycles. The number of rotatable bonds is 5. The smallest absolute Gasteiger partial charge is 0.260 e. The summed E-state index contributed by atoms with van der Waals surface area (Å²) in [6, 6.07) is 7.08. The van der Waals surface area contributed by atoms with E-state index in [1.54, 1.807) is 43.7 Å². The normalized spacial score (nSPS) is 11.1. The average Bonchev–Trinajstić information content (AvgIpc) is 2.73. The third-order valence-electron chi connectivity index (χ3n) is 4.84. The number of aryl methyl sites for hydroxylation is 3. The van der Waals surface area contributed by atoms with Crippen LogP contribution in [0.5, 0.6) is 0 Å². The number of aromatic nitrogens is 5. The summed E-state index contributed by atoms with van der Waals surface area (Å²) in [5.41, 5.74) is 8.66. The molecule has 31 heavy (non-hydrogen) atoms. The van der Waals surface area contributed by atoms with E-state index in [-0.39, 0.29) is 18.5 Å². The Morgan fingerprint density at radius 3 is 2.61 bits per heavy atom. The monoisotopic (exact) mass is 434 g/mol. The van der Waals surface area contributed by atoms with E-state index in [0.29, 0.717) is 38.7 Å². The first kappa shape index (κ1) is 20.6. The molecule has 0 atom stereocenters. The zero-order valence-corrected chi connectivity index (χ0v) is 17.7. The van der Waals surface area contributed by atoms with Gasteiger partial charge in [-0.05, 0) is 26.0 Å². The molecule has 9 heteroatoms. The largest absolute Gasteiger partial charge is 0.370 e. The molecule has 4 aromatic rings. The number of nitrogens with two attached hydrogens (primary N) is 1. The van der Waals surface area contributed by atoms with Gasteiger partial charge in [0.05, 0.1) is 17.6 Å². The highest BCUT2D eigenvalue weighted by molar-refractivity contribution is 6.33. The molecule has 2 N–H and O–H groups in total. The summed E-state index contributed by atoms with van der Waals surface area (Å²) in [7, 11) is 0. The van der Waals surface area contributed by atoms with Crippen molar-refractivity contribution < 1.29 is 4.79 Å². The van der Waals surface area contributed by atoms with Crippen LogP contribution in [0.1, 0.15) is 17.9 Å². The Morgan fingerprint density at radius 1 is 1.10 bits per heavy atom. The Balaban J connectivity index is 1.87. The number of nitrogens with zero attached hydrogens (tertiary/aromatic N) is 5. The molecule has 0 spiro atoms.